The Hall–Kier alpha value is -1.88. The first kappa shape index (κ1) is 14.5. The summed E-state index contributed by atoms with van der Waals surface area (Å²) in [7, 11) is 0. The lowest BCUT2D eigenvalue weighted by molar-refractivity contribution is 0.538. The molecule has 1 N–H and O–H groups in total. The molecule has 0 aliphatic carbocycles. The molecule has 0 saturated heterocycles. The molecule has 106 valence electrons. The summed E-state index contributed by atoms with van der Waals surface area (Å²) in [6.45, 7) is 6.25. The molecule has 2 aromatic rings. The Kier molecular flexibility index (Phi) is 4.39. The van der Waals surface area contributed by atoms with Crippen LogP contribution in [0.25, 0.3) is 0 Å². The summed E-state index contributed by atoms with van der Waals surface area (Å²) in [4.78, 5) is 0. The fraction of sp³-hybridized carbons (Fsp3) is 0.333. The SMILES string of the molecule is CCNC(c1ccc(F)cc1F)c1cc(C)nnc1C. The van der Waals surface area contributed by atoms with Crippen molar-refractivity contribution in [1.82, 2.24) is 15.5 Å². The van der Waals surface area contributed by atoms with Gasteiger partial charge in [-0.2, -0.15) is 10.2 Å². The molecule has 0 aliphatic rings. The molecule has 1 heterocycles. The van der Waals surface area contributed by atoms with E-state index >= 15 is 0 Å². The van der Waals surface area contributed by atoms with Crippen molar-refractivity contribution < 1.29 is 8.78 Å². The van der Waals surface area contributed by atoms with Crippen LogP contribution in [0.4, 0.5) is 8.78 Å². The minimum Gasteiger partial charge on any atom is -0.306 e. The molecule has 0 saturated carbocycles. The summed E-state index contributed by atoms with van der Waals surface area (Å²) in [5.74, 6) is -1.15. The average molecular weight is 277 g/mol. The van der Waals surface area contributed by atoms with E-state index in [1.807, 2.05) is 26.8 Å². The van der Waals surface area contributed by atoms with E-state index in [0.29, 0.717) is 12.1 Å². The third-order valence-corrected chi connectivity index (χ3v) is 3.13. The van der Waals surface area contributed by atoms with E-state index in [-0.39, 0.29) is 6.04 Å². The van der Waals surface area contributed by atoms with Gasteiger partial charge in [-0.25, -0.2) is 8.78 Å². The van der Waals surface area contributed by atoms with Gasteiger partial charge in [0.2, 0.25) is 0 Å². The number of hydrogen-bond donors (Lipinski definition) is 1. The van der Waals surface area contributed by atoms with Crippen molar-refractivity contribution in [3.8, 4) is 0 Å². The number of nitrogens with one attached hydrogen (secondary N) is 1. The van der Waals surface area contributed by atoms with Crippen molar-refractivity contribution in [3.63, 3.8) is 0 Å². The zero-order valence-electron chi connectivity index (χ0n) is 11.7. The normalized spacial score (nSPS) is 12.4. The lowest BCUT2D eigenvalue weighted by Gasteiger charge is -2.21. The van der Waals surface area contributed by atoms with Gasteiger partial charge >= 0.3 is 0 Å². The highest BCUT2D eigenvalue weighted by Crippen LogP contribution is 2.26. The van der Waals surface area contributed by atoms with Crippen LogP contribution in [0.5, 0.6) is 0 Å². The van der Waals surface area contributed by atoms with Crippen molar-refractivity contribution in [1.29, 1.82) is 0 Å². The highest BCUT2D eigenvalue weighted by atomic mass is 19.1. The Morgan fingerprint density at radius 2 is 1.85 bits per heavy atom. The number of halogens is 2. The Labute approximate surface area is 117 Å². The molecule has 1 unspecified atom stereocenters. The maximum atomic E-state index is 14.0. The van der Waals surface area contributed by atoms with Gasteiger partial charge in [0.05, 0.1) is 17.4 Å². The Bertz CT molecular complexity index is 614. The molecule has 1 aromatic carbocycles. The molecule has 1 aromatic heterocycles. The fourth-order valence-electron chi connectivity index (χ4n) is 2.19. The molecule has 0 bridgehead atoms. The van der Waals surface area contributed by atoms with Crippen LogP contribution in [0.15, 0.2) is 24.3 Å². The van der Waals surface area contributed by atoms with Crippen LogP contribution in [-0.4, -0.2) is 16.7 Å². The van der Waals surface area contributed by atoms with Gasteiger partial charge in [0.15, 0.2) is 0 Å². The maximum Gasteiger partial charge on any atom is 0.131 e. The van der Waals surface area contributed by atoms with E-state index in [0.717, 1.165) is 23.0 Å². The summed E-state index contributed by atoms with van der Waals surface area (Å²) < 4.78 is 27.1. The second-order valence-electron chi connectivity index (χ2n) is 4.68. The van der Waals surface area contributed by atoms with E-state index in [2.05, 4.69) is 15.5 Å². The van der Waals surface area contributed by atoms with Crippen molar-refractivity contribution in [2.24, 2.45) is 0 Å². The number of benzene rings is 1. The fourth-order valence-corrected chi connectivity index (χ4v) is 2.19. The minimum absolute atomic E-state index is 0.366. The summed E-state index contributed by atoms with van der Waals surface area (Å²) in [5.41, 5.74) is 2.75. The van der Waals surface area contributed by atoms with Crippen LogP contribution in [0.2, 0.25) is 0 Å². The molecular weight excluding hydrogens is 260 g/mol. The van der Waals surface area contributed by atoms with Crippen molar-refractivity contribution in [3.05, 3.63) is 58.4 Å². The quantitative estimate of drug-likeness (QED) is 0.933. The van der Waals surface area contributed by atoms with Gasteiger partial charge in [0.25, 0.3) is 0 Å². The highest BCUT2D eigenvalue weighted by Gasteiger charge is 2.20. The Morgan fingerprint density at radius 1 is 1.10 bits per heavy atom. The van der Waals surface area contributed by atoms with Crippen LogP contribution in [0.3, 0.4) is 0 Å². The Balaban J connectivity index is 2.53. The molecule has 0 fully saturated rings. The van der Waals surface area contributed by atoms with Gasteiger partial charge in [-0.15, -0.1) is 0 Å². The van der Waals surface area contributed by atoms with Gasteiger partial charge in [0.1, 0.15) is 11.6 Å². The van der Waals surface area contributed by atoms with E-state index < -0.39 is 11.6 Å². The lowest BCUT2D eigenvalue weighted by Crippen LogP contribution is -2.24. The van der Waals surface area contributed by atoms with Crippen LogP contribution in [0.1, 0.15) is 35.5 Å². The predicted molar refractivity (Wildman–Crippen MR) is 73.4 cm³/mol. The first-order chi connectivity index (χ1) is 9.52. The van der Waals surface area contributed by atoms with Gasteiger partial charge in [-0.05, 0) is 38.1 Å². The van der Waals surface area contributed by atoms with Gasteiger partial charge < -0.3 is 5.32 Å². The summed E-state index contributed by atoms with van der Waals surface area (Å²) in [6.07, 6.45) is 0. The molecule has 1 atom stereocenters. The first-order valence-electron chi connectivity index (χ1n) is 6.52. The molecule has 2 rings (SSSR count). The summed E-state index contributed by atoms with van der Waals surface area (Å²) in [6, 6.07) is 5.14. The third-order valence-electron chi connectivity index (χ3n) is 3.13. The van der Waals surface area contributed by atoms with E-state index in [1.54, 1.807) is 0 Å². The zero-order valence-corrected chi connectivity index (χ0v) is 11.7. The number of rotatable bonds is 4. The van der Waals surface area contributed by atoms with Gasteiger partial charge in [-0.3, -0.25) is 0 Å². The monoisotopic (exact) mass is 277 g/mol. The zero-order chi connectivity index (χ0) is 14.7. The van der Waals surface area contributed by atoms with Gasteiger partial charge in [-0.1, -0.05) is 13.0 Å². The second kappa shape index (κ2) is 6.05. The van der Waals surface area contributed by atoms with Crippen molar-refractivity contribution in [2.45, 2.75) is 26.8 Å². The van der Waals surface area contributed by atoms with Crippen molar-refractivity contribution >= 4 is 0 Å². The van der Waals surface area contributed by atoms with Crippen molar-refractivity contribution in [2.75, 3.05) is 6.54 Å². The second-order valence-corrected chi connectivity index (χ2v) is 4.68. The molecule has 0 radical (unpaired) electrons. The lowest BCUT2D eigenvalue weighted by atomic mass is 9.97. The topological polar surface area (TPSA) is 37.8 Å². The molecule has 0 aliphatic heterocycles. The van der Waals surface area contributed by atoms with Crippen LogP contribution >= 0.6 is 0 Å². The molecule has 20 heavy (non-hydrogen) atoms. The van der Waals surface area contributed by atoms with Crippen LogP contribution in [-0.2, 0) is 0 Å². The molecule has 0 spiro atoms. The standard InChI is InChI=1S/C15H17F2N3/c1-4-18-15(12-6-5-11(16)8-14(12)17)13-7-9(2)19-20-10(13)3/h5-8,15,18H,4H2,1-3H3. The van der Waals surface area contributed by atoms with Gasteiger partial charge in [0, 0.05) is 11.6 Å². The molecule has 5 heteroatoms. The van der Waals surface area contributed by atoms with E-state index in [1.165, 1.54) is 12.1 Å². The van der Waals surface area contributed by atoms with E-state index in [4.69, 9.17) is 0 Å². The average Bonchev–Trinajstić information content (AvgIpc) is 2.40. The smallest absolute Gasteiger partial charge is 0.131 e. The predicted octanol–water partition coefficient (Wildman–Crippen LogP) is 3.07. The summed E-state index contributed by atoms with van der Waals surface area (Å²) >= 11 is 0. The maximum absolute atomic E-state index is 14.0. The largest absolute Gasteiger partial charge is 0.306 e. The van der Waals surface area contributed by atoms with E-state index in [9.17, 15) is 8.78 Å². The minimum atomic E-state index is -0.581. The summed E-state index contributed by atoms with van der Waals surface area (Å²) in [5, 5.41) is 11.3. The van der Waals surface area contributed by atoms with Crippen LogP contribution in [0, 0.1) is 25.5 Å². The third kappa shape index (κ3) is 2.99. The number of nitrogens with zero attached hydrogens (tertiary/aromatic N) is 2. The number of aryl methyl sites for hydroxylation is 2. The Morgan fingerprint density at radius 3 is 2.50 bits per heavy atom. The number of hydrogen-bond acceptors (Lipinski definition) is 3. The van der Waals surface area contributed by atoms with Crippen LogP contribution < -0.4 is 5.32 Å². The highest BCUT2D eigenvalue weighted by molar-refractivity contribution is 5.35. The molecular formula is C15H17F2N3. The molecule has 0 amide bonds. The first-order valence-corrected chi connectivity index (χ1v) is 6.52. The molecule has 3 nitrogen and oxygen atoms in total. The number of aromatic nitrogens is 2.